The number of ether oxygens (including phenoxy) is 1. The molecule has 0 spiro atoms. The van der Waals surface area contributed by atoms with Gasteiger partial charge in [-0.05, 0) is 44.3 Å². The number of rotatable bonds is 10. The summed E-state index contributed by atoms with van der Waals surface area (Å²) in [5.74, 6) is 1.85. The Hall–Kier alpha value is -3.51. The number of nitrogens with zero attached hydrogens (tertiary/aromatic N) is 5. The SMILES string of the molecule is C=N/C(=C\C(=N/CO/C(C=Cc1[nH]c(C)cc1C)=C\Cl)N1CCN(CC(F)(F)F)CC1)Nc1ccn[nH]1. The molecule has 200 valence electrons. The quantitative estimate of drug-likeness (QED) is 0.177. The summed E-state index contributed by atoms with van der Waals surface area (Å²) in [6, 6.07) is 3.75. The van der Waals surface area contributed by atoms with Gasteiger partial charge in [-0.25, -0.2) is 9.98 Å². The Morgan fingerprint density at radius 2 is 2.05 bits per heavy atom. The molecule has 1 saturated heterocycles. The maximum Gasteiger partial charge on any atom is 0.401 e. The lowest BCUT2D eigenvalue weighted by Gasteiger charge is -2.36. The van der Waals surface area contributed by atoms with E-state index in [-0.39, 0.29) is 19.8 Å². The Bertz CT molecular complexity index is 1140. The number of hydrogen-bond acceptors (Lipinski definition) is 6. The first-order valence-electron chi connectivity index (χ1n) is 11.5. The van der Waals surface area contributed by atoms with Gasteiger partial charge in [0.05, 0.1) is 12.7 Å². The number of aromatic nitrogens is 3. The fourth-order valence-electron chi connectivity index (χ4n) is 3.71. The van der Waals surface area contributed by atoms with Gasteiger partial charge in [0, 0.05) is 55.2 Å². The third-order valence-corrected chi connectivity index (χ3v) is 5.68. The van der Waals surface area contributed by atoms with Crippen LogP contribution in [0, 0.1) is 13.8 Å². The largest absolute Gasteiger partial charge is 0.470 e. The van der Waals surface area contributed by atoms with Crippen molar-refractivity contribution in [3.63, 3.8) is 0 Å². The molecule has 3 heterocycles. The molecule has 13 heteroatoms. The molecule has 0 bridgehead atoms. The number of alkyl halides is 3. The van der Waals surface area contributed by atoms with Gasteiger partial charge in [0.15, 0.2) is 6.73 Å². The first kappa shape index (κ1) is 28.1. The van der Waals surface area contributed by atoms with E-state index in [1.807, 2.05) is 30.9 Å². The van der Waals surface area contributed by atoms with Crippen LogP contribution in [0.15, 0.2) is 57.6 Å². The minimum absolute atomic E-state index is 0.0747. The summed E-state index contributed by atoms with van der Waals surface area (Å²) in [6.45, 7) is 7.71. The van der Waals surface area contributed by atoms with E-state index >= 15 is 0 Å². The van der Waals surface area contributed by atoms with Crippen LogP contribution in [0.25, 0.3) is 6.08 Å². The highest BCUT2D eigenvalue weighted by atomic mass is 35.5. The maximum atomic E-state index is 12.8. The van der Waals surface area contributed by atoms with E-state index < -0.39 is 12.7 Å². The van der Waals surface area contributed by atoms with Crippen LogP contribution in [0.2, 0.25) is 0 Å². The van der Waals surface area contributed by atoms with Crippen molar-refractivity contribution in [2.45, 2.75) is 20.0 Å². The van der Waals surface area contributed by atoms with Crippen LogP contribution in [0.1, 0.15) is 17.0 Å². The maximum absolute atomic E-state index is 12.8. The zero-order valence-electron chi connectivity index (χ0n) is 20.6. The number of anilines is 1. The van der Waals surface area contributed by atoms with Gasteiger partial charge >= 0.3 is 6.18 Å². The Morgan fingerprint density at radius 1 is 1.30 bits per heavy atom. The van der Waals surface area contributed by atoms with Crippen LogP contribution in [0.5, 0.6) is 0 Å². The van der Waals surface area contributed by atoms with Crippen LogP contribution in [0.3, 0.4) is 0 Å². The highest BCUT2D eigenvalue weighted by molar-refractivity contribution is 6.25. The molecule has 0 saturated carbocycles. The number of aliphatic imine (C=N–C) groups is 2. The molecule has 0 radical (unpaired) electrons. The van der Waals surface area contributed by atoms with Crippen LogP contribution in [0.4, 0.5) is 19.0 Å². The van der Waals surface area contributed by atoms with Gasteiger partial charge in [-0.2, -0.15) is 18.3 Å². The van der Waals surface area contributed by atoms with Crippen molar-refractivity contribution in [3.8, 4) is 0 Å². The predicted molar refractivity (Wildman–Crippen MR) is 141 cm³/mol. The first-order valence-corrected chi connectivity index (χ1v) is 11.9. The minimum Gasteiger partial charge on any atom is -0.470 e. The molecule has 2 aromatic rings. The fourth-order valence-corrected chi connectivity index (χ4v) is 3.85. The Labute approximate surface area is 218 Å². The summed E-state index contributed by atoms with van der Waals surface area (Å²) in [5, 5.41) is 9.68. The summed E-state index contributed by atoms with van der Waals surface area (Å²) < 4.78 is 44.1. The fraction of sp³-hybridized carbons (Fsp3) is 0.375. The highest BCUT2D eigenvalue weighted by Gasteiger charge is 2.32. The zero-order valence-corrected chi connectivity index (χ0v) is 21.4. The average molecular weight is 539 g/mol. The molecule has 1 fully saturated rings. The van der Waals surface area contributed by atoms with E-state index in [2.05, 4.69) is 37.2 Å². The van der Waals surface area contributed by atoms with Crippen molar-refractivity contribution in [1.29, 1.82) is 0 Å². The molecule has 3 N–H and O–H groups in total. The molecule has 0 atom stereocenters. The number of halogens is 4. The van der Waals surface area contributed by atoms with Crippen molar-refractivity contribution in [2.75, 3.05) is 44.8 Å². The predicted octanol–water partition coefficient (Wildman–Crippen LogP) is 4.65. The topological polar surface area (TPSA) is 96.9 Å². The summed E-state index contributed by atoms with van der Waals surface area (Å²) >= 11 is 5.94. The molecule has 37 heavy (non-hydrogen) atoms. The monoisotopic (exact) mass is 538 g/mol. The first-order chi connectivity index (χ1) is 17.7. The summed E-state index contributed by atoms with van der Waals surface area (Å²) in [5.41, 5.74) is 4.37. The van der Waals surface area contributed by atoms with Crippen molar-refractivity contribution >= 4 is 36.0 Å². The lowest BCUT2D eigenvalue weighted by Crippen LogP contribution is -2.50. The minimum atomic E-state index is -4.24. The van der Waals surface area contributed by atoms with Gasteiger partial charge in [0.25, 0.3) is 0 Å². The second-order valence-corrected chi connectivity index (χ2v) is 8.56. The van der Waals surface area contributed by atoms with E-state index in [4.69, 9.17) is 16.3 Å². The summed E-state index contributed by atoms with van der Waals surface area (Å²) in [6.07, 6.45) is 2.57. The smallest absolute Gasteiger partial charge is 0.401 e. The Kier molecular flexibility index (Phi) is 9.98. The average Bonchev–Trinajstić information content (AvgIpc) is 3.47. The van der Waals surface area contributed by atoms with Crippen LogP contribution in [-0.2, 0) is 4.74 Å². The Morgan fingerprint density at radius 3 is 2.62 bits per heavy atom. The van der Waals surface area contributed by atoms with Gasteiger partial charge in [-0.1, -0.05) is 11.6 Å². The third-order valence-electron chi connectivity index (χ3n) is 5.47. The van der Waals surface area contributed by atoms with Crippen LogP contribution >= 0.6 is 11.6 Å². The molecule has 1 aliphatic rings. The summed E-state index contributed by atoms with van der Waals surface area (Å²) in [4.78, 5) is 15.0. The van der Waals surface area contributed by atoms with Crippen LogP contribution in [-0.4, -0.2) is 83.2 Å². The van der Waals surface area contributed by atoms with E-state index in [1.165, 1.54) is 10.4 Å². The molecule has 1 aliphatic heterocycles. The number of H-pyrrole nitrogens is 2. The molecule has 0 aromatic carbocycles. The summed E-state index contributed by atoms with van der Waals surface area (Å²) in [7, 11) is 0. The molecule has 3 rings (SSSR count). The number of nitrogens with one attached hydrogen (secondary N) is 3. The van der Waals surface area contributed by atoms with Gasteiger partial charge in [0.2, 0.25) is 0 Å². The van der Waals surface area contributed by atoms with E-state index in [1.54, 1.807) is 24.4 Å². The number of allylic oxidation sites excluding steroid dienone is 1. The van der Waals surface area contributed by atoms with Gasteiger partial charge in [-0.3, -0.25) is 10.00 Å². The van der Waals surface area contributed by atoms with E-state index in [9.17, 15) is 13.2 Å². The van der Waals surface area contributed by atoms with Gasteiger partial charge in [0.1, 0.15) is 23.2 Å². The number of aromatic amines is 2. The third kappa shape index (κ3) is 9.14. The van der Waals surface area contributed by atoms with Gasteiger partial charge in [-0.15, -0.1) is 0 Å². The normalized spacial score (nSPS) is 16.5. The zero-order chi connectivity index (χ0) is 26.8. The standard InChI is InChI=1S/C24H30ClF3N8O/c1-17-12-18(2)32-20(17)5-4-19(14-25)37-16-30-23(13-22(29-3)33-21-6-7-31-34-21)36-10-8-35(9-11-36)15-24(26,27)28/h4-7,12-14,32H,3,8-11,15-16H2,1-2H3,(H2,31,33,34)/b5-4?,19-14-,22-13+,30-23+. The van der Waals surface area contributed by atoms with Crippen LogP contribution < -0.4 is 5.32 Å². The number of amidine groups is 1. The molecular formula is C24H30ClF3N8O. The molecule has 2 aromatic heterocycles. The molecule has 0 amide bonds. The van der Waals surface area contributed by atoms with Crippen molar-refractivity contribution in [2.24, 2.45) is 9.98 Å². The molecular weight excluding hydrogens is 509 g/mol. The van der Waals surface area contributed by atoms with Crippen molar-refractivity contribution in [1.82, 2.24) is 25.0 Å². The van der Waals surface area contributed by atoms with Crippen molar-refractivity contribution < 1.29 is 17.9 Å². The second-order valence-electron chi connectivity index (χ2n) is 8.34. The molecule has 9 nitrogen and oxygen atoms in total. The molecule has 0 aliphatic carbocycles. The lowest BCUT2D eigenvalue weighted by molar-refractivity contribution is -0.148. The Balaban J connectivity index is 1.72. The van der Waals surface area contributed by atoms with Gasteiger partial charge < -0.3 is 19.9 Å². The number of hydrogen-bond donors (Lipinski definition) is 3. The van der Waals surface area contributed by atoms with E-state index in [0.29, 0.717) is 36.3 Å². The lowest BCUT2D eigenvalue weighted by atomic mass is 10.2. The molecule has 0 unspecified atom stereocenters. The van der Waals surface area contributed by atoms with Crippen molar-refractivity contribution in [3.05, 3.63) is 64.5 Å². The highest BCUT2D eigenvalue weighted by Crippen LogP contribution is 2.18. The van der Waals surface area contributed by atoms with E-state index in [0.717, 1.165) is 17.0 Å². The second kappa shape index (κ2) is 13.2. The number of piperazine rings is 1. The number of aryl methyl sites for hydroxylation is 2.